The quantitative estimate of drug-likeness (QED) is 0.202. The Kier molecular flexibility index (Phi) is 10.7. The lowest BCUT2D eigenvalue weighted by atomic mass is 9.61. The van der Waals surface area contributed by atoms with Gasteiger partial charge in [0.25, 0.3) is 0 Å². The van der Waals surface area contributed by atoms with Crippen LogP contribution in [0.4, 0.5) is 0 Å². The van der Waals surface area contributed by atoms with Crippen LogP contribution in [0.3, 0.4) is 0 Å². The number of methoxy groups -OCH3 is 1. The number of allylic oxidation sites excluding steroid dienone is 3. The van der Waals surface area contributed by atoms with E-state index < -0.39 is 0 Å². The van der Waals surface area contributed by atoms with Crippen molar-refractivity contribution in [2.45, 2.75) is 96.8 Å². The topological polar surface area (TPSA) is 66.5 Å². The molecule has 7 nitrogen and oxygen atoms in total. The molecule has 0 aromatic rings. The van der Waals surface area contributed by atoms with E-state index in [4.69, 9.17) is 23.7 Å². The third kappa shape index (κ3) is 6.66. The fraction of sp³-hybridized carbons (Fsp3) is 0.865. The van der Waals surface area contributed by atoms with E-state index in [9.17, 15) is 4.79 Å². The van der Waals surface area contributed by atoms with Crippen molar-refractivity contribution in [3.63, 3.8) is 0 Å². The van der Waals surface area contributed by atoms with E-state index in [0.717, 1.165) is 50.8 Å². The largest absolute Gasteiger partial charge is 0.382 e. The molecular weight excluding hydrogens is 554 g/mol. The SMILES string of the molecule is COCCOCCOCCOCCN1C[C@@H](C)C[C@H]2O[C@]3(CC[C@@H]4C(=C(C)C3)C[C@@H]3C5C(=CC(=O)C[C@H]5C)CC[C@@H]43)[C@H](C)[C@@H]21. The van der Waals surface area contributed by atoms with Crippen LogP contribution in [0.5, 0.6) is 0 Å². The summed E-state index contributed by atoms with van der Waals surface area (Å²) in [6, 6.07) is 0.474. The minimum absolute atomic E-state index is 0.0428. The molecule has 44 heavy (non-hydrogen) atoms. The van der Waals surface area contributed by atoms with Crippen LogP contribution in [0.2, 0.25) is 0 Å². The number of carbonyl (C=O) groups excluding carboxylic acids is 1. The molecule has 248 valence electrons. The number of carbonyl (C=O) groups is 1. The number of nitrogens with zero attached hydrogens (tertiary/aromatic N) is 1. The first-order valence-corrected chi connectivity index (χ1v) is 17.9. The number of ketones is 1. The van der Waals surface area contributed by atoms with Gasteiger partial charge in [-0.2, -0.15) is 0 Å². The van der Waals surface area contributed by atoms with Gasteiger partial charge >= 0.3 is 0 Å². The number of likely N-dealkylation sites (tertiary alicyclic amines) is 1. The van der Waals surface area contributed by atoms with Gasteiger partial charge in [0, 0.05) is 38.6 Å². The van der Waals surface area contributed by atoms with E-state index in [0.29, 0.717) is 87.2 Å². The molecule has 2 saturated heterocycles. The molecule has 4 fully saturated rings. The Morgan fingerprint density at radius 2 is 1.68 bits per heavy atom. The molecule has 0 bridgehead atoms. The van der Waals surface area contributed by atoms with Gasteiger partial charge < -0.3 is 23.7 Å². The fourth-order valence-corrected chi connectivity index (χ4v) is 10.7. The van der Waals surface area contributed by atoms with Crippen molar-refractivity contribution in [2.75, 3.05) is 66.4 Å². The summed E-state index contributed by atoms with van der Waals surface area (Å²) in [6.07, 6.45) is 11.5. The first-order chi connectivity index (χ1) is 21.3. The Morgan fingerprint density at radius 3 is 2.43 bits per heavy atom. The second-order valence-corrected chi connectivity index (χ2v) is 15.3. The van der Waals surface area contributed by atoms with Gasteiger partial charge in [0.2, 0.25) is 0 Å². The number of ether oxygens (including phenoxy) is 5. The Labute approximate surface area is 266 Å². The Balaban J connectivity index is 1.05. The lowest BCUT2D eigenvalue weighted by Gasteiger charge is -2.43. The molecule has 2 heterocycles. The monoisotopic (exact) mass is 613 g/mol. The van der Waals surface area contributed by atoms with Crippen LogP contribution in [0.1, 0.15) is 79.1 Å². The molecule has 10 atom stereocenters. The van der Waals surface area contributed by atoms with E-state index >= 15 is 0 Å². The van der Waals surface area contributed by atoms with Crippen molar-refractivity contribution in [2.24, 2.45) is 41.4 Å². The van der Waals surface area contributed by atoms with Gasteiger partial charge in [-0.15, -0.1) is 0 Å². The number of fused-ring (bicyclic) bond motifs is 6. The van der Waals surface area contributed by atoms with E-state index in [-0.39, 0.29) is 5.60 Å². The molecule has 1 unspecified atom stereocenters. The van der Waals surface area contributed by atoms with Gasteiger partial charge in [-0.3, -0.25) is 9.69 Å². The molecule has 2 saturated carbocycles. The summed E-state index contributed by atoms with van der Waals surface area (Å²) >= 11 is 0. The zero-order chi connectivity index (χ0) is 30.8. The van der Waals surface area contributed by atoms with Crippen molar-refractivity contribution in [3.8, 4) is 0 Å². The van der Waals surface area contributed by atoms with Crippen LogP contribution < -0.4 is 0 Å². The highest BCUT2D eigenvalue weighted by atomic mass is 16.6. The second kappa shape index (κ2) is 14.4. The highest BCUT2D eigenvalue weighted by Crippen LogP contribution is 2.61. The van der Waals surface area contributed by atoms with Crippen LogP contribution in [0.25, 0.3) is 0 Å². The minimum atomic E-state index is -0.0428. The molecule has 4 aliphatic carbocycles. The predicted molar refractivity (Wildman–Crippen MR) is 171 cm³/mol. The lowest BCUT2D eigenvalue weighted by Crippen LogP contribution is -2.52. The van der Waals surface area contributed by atoms with Crippen molar-refractivity contribution in [1.29, 1.82) is 0 Å². The summed E-state index contributed by atoms with van der Waals surface area (Å²) in [7, 11) is 1.68. The first-order valence-electron chi connectivity index (χ1n) is 17.9. The Hall–Kier alpha value is -1.09. The van der Waals surface area contributed by atoms with Crippen molar-refractivity contribution in [1.82, 2.24) is 4.90 Å². The second-order valence-electron chi connectivity index (χ2n) is 15.3. The molecule has 0 amide bonds. The highest BCUT2D eigenvalue weighted by molar-refractivity contribution is 5.91. The summed E-state index contributed by atoms with van der Waals surface area (Å²) in [5.74, 6) is 4.88. The maximum atomic E-state index is 12.3. The number of piperidine rings is 1. The van der Waals surface area contributed by atoms with E-state index in [2.05, 4.69) is 32.6 Å². The number of rotatable bonds is 12. The normalized spacial score (nSPS) is 40.4. The average Bonchev–Trinajstić information content (AvgIpc) is 3.44. The van der Waals surface area contributed by atoms with Crippen LogP contribution in [0, 0.1) is 41.4 Å². The van der Waals surface area contributed by atoms with E-state index in [1.54, 1.807) is 18.3 Å². The van der Waals surface area contributed by atoms with Gasteiger partial charge in [-0.1, -0.05) is 37.5 Å². The maximum absolute atomic E-state index is 12.3. The smallest absolute Gasteiger partial charge is 0.155 e. The van der Waals surface area contributed by atoms with E-state index in [1.165, 1.54) is 37.7 Å². The standard InChI is InChI=1S/C37H59NO6/c1-24-18-34-36(38(23-24)10-11-41-14-15-43-17-16-42-13-12-40-5)27(4)37(44-34)9-8-31-30-7-6-28-20-29(39)19-25(2)35(28)33(30)21-32(31)26(3)22-37/h20,24-25,27,30-31,33-36H,6-19,21-23H2,1-5H3/t24-,25+,27+,30-,31-,33-,34+,35?,36-,37-/m0/s1. The summed E-state index contributed by atoms with van der Waals surface area (Å²) in [5, 5.41) is 0. The van der Waals surface area contributed by atoms with Crippen molar-refractivity contribution < 1.29 is 28.5 Å². The molecular formula is C37H59NO6. The maximum Gasteiger partial charge on any atom is 0.155 e. The zero-order valence-corrected chi connectivity index (χ0v) is 28.2. The van der Waals surface area contributed by atoms with Crippen LogP contribution >= 0.6 is 0 Å². The van der Waals surface area contributed by atoms with Gasteiger partial charge in [-0.05, 0) is 93.5 Å². The molecule has 0 radical (unpaired) electrons. The van der Waals surface area contributed by atoms with Crippen LogP contribution in [0.15, 0.2) is 22.8 Å². The van der Waals surface area contributed by atoms with Crippen LogP contribution in [-0.2, 0) is 28.5 Å². The van der Waals surface area contributed by atoms with Gasteiger partial charge in [0.15, 0.2) is 5.78 Å². The average molecular weight is 614 g/mol. The summed E-state index contributed by atoms with van der Waals surface area (Å²) in [5.41, 5.74) is 4.84. The predicted octanol–water partition coefficient (Wildman–Crippen LogP) is 5.86. The molecule has 0 N–H and O–H groups in total. The van der Waals surface area contributed by atoms with Crippen molar-refractivity contribution >= 4 is 5.78 Å². The molecule has 7 heteroatoms. The third-order valence-corrected chi connectivity index (χ3v) is 12.5. The molecule has 0 aromatic carbocycles. The molecule has 6 rings (SSSR count). The number of hydrogen-bond donors (Lipinski definition) is 0. The van der Waals surface area contributed by atoms with Crippen molar-refractivity contribution in [3.05, 3.63) is 22.8 Å². The lowest BCUT2D eigenvalue weighted by molar-refractivity contribution is -0.116. The summed E-state index contributed by atoms with van der Waals surface area (Å²) in [4.78, 5) is 15.0. The number of hydrogen-bond acceptors (Lipinski definition) is 7. The molecule has 2 aliphatic heterocycles. The van der Waals surface area contributed by atoms with E-state index in [1.807, 2.05) is 6.08 Å². The molecule has 6 aliphatic rings. The summed E-state index contributed by atoms with van der Waals surface area (Å²) in [6.45, 7) is 16.1. The highest BCUT2D eigenvalue weighted by Gasteiger charge is 2.58. The van der Waals surface area contributed by atoms with Gasteiger partial charge in [-0.25, -0.2) is 0 Å². The van der Waals surface area contributed by atoms with Gasteiger partial charge in [0.1, 0.15) is 0 Å². The Bertz CT molecular complexity index is 1070. The third-order valence-electron chi connectivity index (χ3n) is 12.5. The first kappa shape index (κ1) is 32.8. The Morgan fingerprint density at radius 1 is 0.955 bits per heavy atom. The summed E-state index contributed by atoms with van der Waals surface area (Å²) < 4.78 is 29.4. The zero-order valence-electron chi connectivity index (χ0n) is 28.2. The molecule has 1 spiro atoms. The fourth-order valence-electron chi connectivity index (χ4n) is 10.7. The molecule has 0 aromatic heterocycles. The van der Waals surface area contributed by atoms with Gasteiger partial charge in [0.05, 0.1) is 58.0 Å². The van der Waals surface area contributed by atoms with Crippen LogP contribution in [-0.4, -0.2) is 94.9 Å². The minimum Gasteiger partial charge on any atom is -0.382 e.